The van der Waals surface area contributed by atoms with Crippen molar-refractivity contribution in [1.82, 2.24) is 10.3 Å². The van der Waals surface area contributed by atoms with Crippen molar-refractivity contribution in [3.63, 3.8) is 0 Å². The van der Waals surface area contributed by atoms with Crippen molar-refractivity contribution < 1.29 is 9.90 Å². The fourth-order valence-corrected chi connectivity index (χ4v) is 3.83. The largest absolute Gasteiger partial charge is 0.391 e. The fourth-order valence-electron chi connectivity index (χ4n) is 3.83. The zero-order valence-corrected chi connectivity index (χ0v) is 17.0. The number of aliphatic hydroxyl groups is 1. The van der Waals surface area contributed by atoms with Gasteiger partial charge in [0, 0.05) is 10.9 Å². The average Bonchev–Trinajstić information content (AvgIpc) is 2.78. The van der Waals surface area contributed by atoms with E-state index in [9.17, 15) is 9.90 Å². The molecule has 0 aliphatic rings. The van der Waals surface area contributed by atoms with Crippen LogP contribution in [-0.4, -0.2) is 22.1 Å². The van der Waals surface area contributed by atoms with Gasteiger partial charge in [0.15, 0.2) is 0 Å². The van der Waals surface area contributed by atoms with Gasteiger partial charge in [-0.2, -0.15) is 0 Å². The van der Waals surface area contributed by atoms with Crippen LogP contribution in [-0.2, 0) is 0 Å². The van der Waals surface area contributed by atoms with E-state index in [-0.39, 0.29) is 5.91 Å². The molecule has 150 valence electrons. The minimum Gasteiger partial charge on any atom is -0.391 e. The first kappa shape index (κ1) is 19.8. The van der Waals surface area contributed by atoms with Gasteiger partial charge in [0.2, 0.25) is 0 Å². The van der Waals surface area contributed by atoms with Crippen LogP contribution in [0.15, 0.2) is 84.9 Å². The number of fused-ring (bicyclic) bond motifs is 1. The predicted molar refractivity (Wildman–Crippen MR) is 120 cm³/mol. The Morgan fingerprint density at radius 1 is 0.900 bits per heavy atom. The van der Waals surface area contributed by atoms with Crippen molar-refractivity contribution in [2.24, 2.45) is 0 Å². The molecule has 1 heterocycles. The van der Waals surface area contributed by atoms with Crippen molar-refractivity contribution in [2.45, 2.75) is 26.0 Å². The SMILES string of the molecule is Cc1c(-c2ccccc2)nc2ccccc2c1C(=O)NC(c1ccccc1)C(C)O. The van der Waals surface area contributed by atoms with E-state index in [4.69, 9.17) is 4.98 Å². The fraction of sp³-hybridized carbons (Fsp3) is 0.154. The molecular formula is C26H24N2O2. The van der Waals surface area contributed by atoms with Crippen molar-refractivity contribution in [1.29, 1.82) is 0 Å². The van der Waals surface area contributed by atoms with Gasteiger partial charge in [-0.05, 0) is 31.0 Å². The minimum absolute atomic E-state index is 0.224. The maximum Gasteiger partial charge on any atom is 0.252 e. The molecule has 1 aromatic heterocycles. The lowest BCUT2D eigenvalue weighted by Gasteiger charge is -2.23. The Labute approximate surface area is 176 Å². The highest BCUT2D eigenvalue weighted by atomic mass is 16.3. The summed E-state index contributed by atoms with van der Waals surface area (Å²) < 4.78 is 0. The molecule has 2 unspecified atom stereocenters. The van der Waals surface area contributed by atoms with E-state index in [1.165, 1.54) is 0 Å². The van der Waals surface area contributed by atoms with Gasteiger partial charge in [0.05, 0.1) is 28.9 Å². The lowest BCUT2D eigenvalue weighted by Crippen LogP contribution is -2.35. The number of aliphatic hydroxyl groups excluding tert-OH is 1. The number of hydrogen-bond donors (Lipinski definition) is 2. The molecule has 2 atom stereocenters. The molecule has 4 aromatic rings. The summed E-state index contributed by atoms with van der Waals surface area (Å²) in [5, 5.41) is 14.2. The number of carbonyl (C=O) groups is 1. The molecule has 0 aliphatic heterocycles. The molecule has 30 heavy (non-hydrogen) atoms. The number of rotatable bonds is 5. The van der Waals surface area contributed by atoms with Gasteiger partial charge in [-0.15, -0.1) is 0 Å². The van der Waals surface area contributed by atoms with E-state index in [0.29, 0.717) is 5.56 Å². The van der Waals surface area contributed by atoms with E-state index < -0.39 is 12.1 Å². The highest BCUT2D eigenvalue weighted by molar-refractivity contribution is 6.09. The number of benzene rings is 3. The monoisotopic (exact) mass is 396 g/mol. The van der Waals surface area contributed by atoms with Gasteiger partial charge in [0.1, 0.15) is 0 Å². The molecule has 0 fully saturated rings. The molecule has 4 rings (SSSR count). The van der Waals surface area contributed by atoms with Crippen molar-refractivity contribution >= 4 is 16.8 Å². The Hall–Kier alpha value is -3.50. The topological polar surface area (TPSA) is 62.2 Å². The second-order valence-electron chi connectivity index (χ2n) is 7.45. The lowest BCUT2D eigenvalue weighted by atomic mass is 9.96. The van der Waals surface area contributed by atoms with Crippen LogP contribution in [0, 0.1) is 6.92 Å². The molecule has 0 saturated heterocycles. The van der Waals surface area contributed by atoms with Crippen LogP contribution >= 0.6 is 0 Å². The summed E-state index contributed by atoms with van der Waals surface area (Å²) in [5.41, 5.74) is 4.77. The van der Waals surface area contributed by atoms with Crippen LogP contribution in [0.5, 0.6) is 0 Å². The number of nitrogens with zero attached hydrogens (tertiary/aromatic N) is 1. The van der Waals surface area contributed by atoms with Crippen LogP contribution in [0.1, 0.15) is 34.5 Å². The maximum atomic E-state index is 13.5. The van der Waals surface area contributed by atoms with E-state index in [1.54, 1.807) is 6.92 Å². The van der Waals surface area contributed by atoms with Gasteiger partial charge in [0.25, 0.3) is 5.91 Å². The van der Waals surface area contributed by atoms with Crippen LogP contribution in [0.3, 0.4) is 0 Å². The van der Waals surface area contributed by atoms with E-state index in [1.807, 2.05) is 91.9 Å². The third-order valence-electron chi connectivity index (χ3n) is 5.34. The number of aromatic nitrogens is 1. The summed E-state index contributed by atoms with van der Waals surface area (Å²) in [7, 11) is 0. The Bertz CT molecular complexity index is 1170. The molecular weight excluding hydrogens is 372 g/mol. The summed E-state index contributed by atoms with van der Waals surface area (Å²) in [5.74, 6) is -0.224. The second kappa shape index (κ2) is 8.47. The average molecular weight is 396 g/mol. The number of nitrogens with one attached hydrogen (secondary N) is 1. The van der Waals surface area contributed by atoms with Gasteiger partial charge in [-0.25, -0.2) is 4.98 Å². The molecule has 1 amide bonds. The van der Waals surface area contributed by atoms with Gasteiger partial charge < -0.3 is 10.4 Å². The molecule has 4 heteroatoms. The molecule has 3 aromatic carbocycles. The van der Waals surface area contributed by atoms with Gasteiger partial charge in [-0.3, -0.25) is 4.79 Å². The lowest BCUT2D eigenvalue weighted by molar-refractivity contribution is 0.0859. The zero-order chi connectivity index (χ0) is 21.1. The predicted octanol–water partition coefficient (Wildman–Crippen LogP) is 5.06. The standard InChI is InChI=1S/C26H24N2O2/c1-17-23(26(30)28-25(18(2)29)20-13-7-4-8-14-20)21-15-9-10-16-22(21)27-24(17)19-11-5-3-6-12-19/h3-16,18,25,29H,1-2H3,(H,28,30). The van der Waals surface area contributed by atoms with E-state index in [2.05, 4.69) is 5.32 Å². The summed E-state index contributed by atoms with van der Waals surface area (Å²) >= 11 is 0. The van der Waals surface area contributed by atoms with Gasteiger partial charge >= 0.3 is 0 Å². The highest BCUT2D eigenvalue weighted by Crippen LogP contribution is 2.30. The van der Waals surface area contributed by atoms with Crippen LogP contribution in [0.2, 0.25) is 0 Å². The Morgan fingerprint density at radius 2 is 1.50 bits per heavy atom. The number of pyridine rings is 1. The molecule has 0 radical (unpaired) electrons. The summed E-state index contributed by atoms with van der Waals surface area (Å²) in [4.78, 5) is 18.3. The third-order valence-corrected chi connectivity index (χ3v) is 5.34. The first-order valence-electron chi connectivity index (χ1n) is 10.0. The zero-order valence-electron chi connectivity index (χ0n) is 17.0. The third kappa shape index (κ3) is 3.82. The summed E-state index contributed by atoms with van der Waals surface area (Å²) in [6.07, 6.45) is -0.738. The minimum atomic E-state index is -0.738. The first-order valence-corrected chi connectivity index (χ1v) is 10.0. The Balaban J connectivity index is 1.83. The highest BCUT2D eigenvalue weighted by Gasteiger charge is 2.24. The van der Waals surface area contributed by atoms with Crippen molar-refractivity contribution in [3.8, 4) is 11.3 Å². The van der Waals surface area contributed by atoms with E-state index >= 15 is 0 Å². The maximum absolute atomic E-state index is 13.5. The van der Waals surface area contributed by atoms with Crippen molar-refractivity contribution in [2.75, 3.05) is 0 Å². The van der Waals surface area contributed by atoms with Crippen LogP contribution < -0.4 is 5.32 Å². The molecule has 4 nitrogen and oxygen atoms in total. The smallest absolute Gasteiger partial charge is 0.252 e. The number of amides is 1. The van der Waals surface area contributed by atoms with Gasteiger partial charge in [-0.1, -0.05) is 78.9 Å². The molecule has 2 N–H and O–H groups in total. The normalized spacial score (nSPS) is 13.0. The van der Waals surface area contributed by atoms with Crippen LogP contribution in [0.4, 0.5) is 0 Å². The van der Waals surface area contributed by atoms with E-state index in [0.717, 1.165) is 33.3 Å². The number of hydrogen-bond acceptors (Lipinski definition) is 3. The first-order chi connectivity index (χ1) is 14.6. The summed E-state index contributed by atoms with van der Waals surface area (Å²) in [6.45, 7) is 3.61. The number of para-hydroxylation sites is 1. The molecule has 0 saturated carbocycles. The Morgan fingerprint density at radius 3 is 2.17 bits per heavy atom. The molecule has 0 spiro atoms. The quantitative estimate of drug-likeness (QED) is 0.495. The number of carbonyl (C=O) groups excluding carboxylic acids is 1. The Kier molecular flexibility index (Phi) is 5.59. The molecule has 0 bridgehead atoms. The second-order valence-corrected chi connectivity index (χ2v) is 7.45. The van der Waals surface area contributed by atoms with Crippen molar-refractivity contribution in [3.05, 3.63) is 102 Å². The van der Waals surface area contributed by atoms with Crippen LogP contribution in [0.25, 0.3) is 22.2 Å². The summed E-state index contributed by atoms with van der Waals surface area (Å²) in [6, 6.07) is 26.6. The molecule has 0 aliphatic carbocycles.